The lowest BCUT2D eigenvalue weighted by molar-refractivity contribution is 0.0889. The predicted octanol–water partition coefficient (Wildman–Crippen LogP) is 2.45. The number of anilines is 1. The molecule has 1 aliphatic heterocycles. The fourth-order valence-corrected chi connectivity index (χ4v) is 3.76. The van der Waals surface area contributed by atoms with Crippen molar-refractivity contribution in [2.75, 3.05) is 24.5 Å². The number of nitrogens with one attached hydrogen (secondary N) is 2. The zero-order valence-corrected chi connectivity index (χ0v) is 18.2. The number of aliphatic hydroxyl groups excluding tert-OH is 1. The summed E-state index contributed by atoms with van der Waals surface area (Å²) in [6.07, 6.45) is 4.97. The number of rotatable bonds is 8. The molecule has 1 unspecified atom stereocenters. The fraction of sp³-hybridized carbons (Fsp3) is 0.333. The van der Waals surface area contributed by atoms with Crippen LogP contribution in [-0.4, -0.2) is 46.5 Å². The molecule has 1 aliphatic rings. The average Bonchev–Trinajstić information content (AvgIpc) is 3.37. The number of hydrogen-bond acceptors (Lipinski definition) is 7. The summed E-state index contributed by atoms with van der Waals surface area (Å²) in [6.45, 7) is 1.63. The van der Waals surface area contributed by atoms with Crippen LogP contribution < -0.4 is 15.5 Å². The molecule has 1 aromatic carbocycles. The van der Waals surface area contributed by atoms with Crippen LogP contribution in [0.25, 0.3) is 0 Å². The molecule has 4 rings (SSSR count). The molecule has 0 radical (unpaired) electrons. The van der Waals surface area contributed by atoms with E-state index in [-0.39, 0.29) is 30.5 Å². The van der Waals surface area contributed by atoms with Gasteiger partial charge in [-0.1, -0.05) is 30.3 Å². The highest BCUT2D eigenvalue weighted by molar-refractivity contribution is 5.93. The zero-order valence-electron chi connectivity index (χ0n) is 18.2. The number of aromatic nitrogens is 2. The maximum absolute atomic E-state index is 13.0. The standard InChI is InChI=1S/C24H27N5O4/c30-16-18-9-10-21(33-18)23(32)26-15-20(17-7-3-1-4-8-17)27-22(31)19-11-12-25-24(28-19)29-13-5-2-6-14-29/h1,3-4,7-12,20,30H,2,5-6,13-16H2,(H,26,32)(H,27,31). The number of piperidine rings is 1. The lowest BCUT2D eigenvalue weighted by Crippen LogP contribution is -2.38. The number of carbonyl (C=O) groups is 2. The van der Waals surface area contributed by atoms with Crippen LogP contribution >= 0.6 is 0 Å². The highest BCUT2D eigenvalue weighted by Gasteiger charge is 2.21. The summed E-state index contributed by atoms with van der Waals surface area (Å²) in [4.78, 5) is 36.4. The molecular formula is C24H27N5O4. The van der Waals surface area contributed by atoms with Crippen molar-refractivity contribution in [1.82, 2.24) is 20.6 Å². The van der Waals surface area contributed by atoms with Crippen LogP contribution in [-0.2, 0) is 6.61 Å². The largest absolute Gasteiger partial charge is 0.453 e. The van der Waals surface area contributed by atoms with Gasteiger partial charge in [-0.25, -0.2) is 9.97 Å². The second-order valence-corrected chi connectivity index (χ2v) is 7.86. The number of furan rings is 1. The lowest BCUT2D eigenvalue weighted by atomic mass is 10.1. The summed E-state index contributed by atoms with van der Waals surface area (Å²) in [5, 5.41) is 14.9. The van der Waals surface area contributed by atoms with Crippen LogP contribution in [0.3, 0.4) is 0 Å². The van der Waals surface area contributed by atoms with Gasteiger partial charge in [-0.3, -0.25) is 9.59 Å². The van der Waals surface area contributed by atoms with E-state index in [9.17, 15) is 9.59 Å². The quantitative estimate of drug-likeness (QED) is 0.483. The third kappa shape index (κ3) is 5.75. The lowest BCUT2D eigenvalue weighted by Gasteiger charge is -2.26. The van der Waals surface area contributed by atoms with E-state index in [1.165, 1.54) is 12.5 Å². The number of amides is 2. The number of nitrogens with zero attached hydrogens (tertiary/aromatic N) is 3. The Morgan fingerprint density at radius 1 is 1.03 bits per heavy atom. The van der Waals surface area contributed by atoms with E-state index in [0.29, 0.717) is 11.7 Å². The van der Waals surface area contributed by atoms with E-state index in [1.54, 1.807) is 18.3 Å². The molecule has 0 saturated carbocycles. The molecule has 0 bridgehead atoms. The van der Waals surface area contributed by atoms with Crippen LogP contribution in [0.15, 0.2) is 59.1 Å². The maximum atomic E-state index is 13.0. The van der Waals surface area contributed by atoms with Gasteiger partial charge in [0.2, 0.25) is 5.95 Å². The van der Waals surface area contributed by atoms with Crippen LogP contribution in [0.1, 0.15) is 57.7 Å². The first kappa shape index (κ1) is 22.5. The van der Waals surface area contributed by atoms with Crippen molar-refractivity contribution in [2.24, 2.45) is 0 Å². The normalized spacial score (nSPS) is 14.5. The summed E-state index contributed by atoms with van der Waals surface area (Å²) < 4.78 is 5.28. The molecule has 172 valence electrons. The van der Waals surface area contributed by atoms with Gasteiger partial charge in [0.15, 0.2) is 5.76 Å². The molecule has 2 aromatic heterocycles. The first-order chi connectivity index (χ1) is 16.1. The van der Waals surface area contributed by atoms with E-state index >= 15 is 0 Å². The number of carbonyl (C=O) groups excluding carboxylic acids is 2. The molecule has 1 fully saturated rings. The van der Waals surface area contributed by atoms with Crippen LogP contribution in [0, 0.1) is 0 Å². The van der Waals surface area contributed by atoms with Gasteiger partial charge in [0.25, 0.3) is 11.8 Å². The number of hydrogen-bond donors (Lipinski definition) is 3. The molecule has 3 aromatic rings. The van der Waals surface area contributed by atoms with E-state index in [0.717, 1.165) is 31.5 Å². The van der Waals surface area contributed by atoms with Crippen molar-refractivity contribution < 1.29 is 19.1 Å². The first-order valence-electron chi connectivity index (χ1n) is 11.1. The SMILES string of the molecule is O=C(NC(CNC(=O)c1ccc(CO)o1)c1ccccc1)c1ccnc(N2CCCCC2)n1. The van der Waals surface area contributed by atoms with Crippen molar-refractivity contribution in [2.45, 2.75) is 31.9 Å². The van der Waals surface area contributed by atoms with Gasteiger partial charge in [-0.15, -0.1) is 0 Å². The molecular weight excluding hydrogens is 422 g/mol. The predicted molar refractivity (Wildman–Crippen MR) is 122 cm³/mol. The molecule has 9 heteroatoms. The van der Waals surface area contributed by atoms with Crippen molar-refractivity contribution in [3.8, 4) is 0 Å². The Morgan fingerprint density at radius 2 is 1.82 bits per heavy atom. The summed E-state index contributed by atoms with van der Waals surface area (Å²) >= 11 is 0. The zero-order chi connectivity index (χ0) is 23.0. The fourth-order valence-electron chi connectivity index (χ4n) is 3.76. The van der Waals surface area contributed by atoms with E-state index < -0.39 is 11.9 Å². The highest BCUT2D eigenvalue weighted by atomic mass is 16.4. The second-order valence-electron chi connectivity index (χ2n) is 7.86. The molecule has 9 nitrogen and oxygen atoms in total. The van der Waals surface area contributed by atoms with Crippen molar-refractivity contribution >= 4 is 17.8 Å². The van der Waals surface area contributed by atoms with Gasteiger partial charge < -0.3 is 25.1 Å². The van der Waals surface area contributed by atoms with Crippen LogP contribution in [0.2, 0.25) is 0 Å². The van der Waals surface area contributed by atoms with E-state index in [2.05, 4.69) is 25.5 Å². The maximum Gasteiger partial charge on any atom is 0.287 e. The van der Waals surface area contributed by atoms with Crippen LogP contribution in [0.5, 0.6) is 0 Å². The molecule has 33 heavy (non-hydrogen) atoms. The summed E-state index contributed by atoms with van der Waals surface area (Å²) in [7, 11) is 0. The minimum Gasteiger partial charge on any atom is -0.453 e. The molecule has 1 atom stereocenters. The van der Waals surface area contributed by atoms with Gasteiger partial charge in [0.1, 0.15) is 18.1 Å². The van der Waals surface area contributed by atoms with Gasteiger partial charge in [-0.05, 0) is 43.0 Å². The smallest absolute Gasteiger partial charge is 0.287 e. The van der Waals surface area contributed by atoms with Gasteiger partial charge in [0, 0.05) is 25.8 Å². The van der Waals surface area contributed by atoms with Gasteiger partial charge in [-0.2, -0.15) is 0 Å². The minimum atomic E-state index is -0.483. The summed E-state index contributed by atoms with van der Waals surface area (Å²) in [5.74, 6) is 0.184. The molecule has 1 saturated heterocycles. The average molecular weight is 450 g/mol. The Bertz CT molecular complexity index is 1080. The van der Waals surface area contributed by atoms with Crippen molar-refractivity contribution in [1.29, 1.82) is 0 Å². The molecule has 0 spiro atoms. The Labute approximate surface area is 191 Å². The Morgan fingerprint density at radius 3 is 2.55 bits per heavy atom. The molecule has 3 N–H and O–H groups in total. The minimum absolute atomic E-state index is 0.0964. The van der Waals surface area contributed by atoms with Crippen LogP contribution in [0.4, 0.5) is 5.95 Å². The third-order valence-electron chi connectivity index (χ3n) is 5.53. The van der Waals surface area contributed by atoms with Gasteiger partial charge in [0.05, 0.1) is 6.04 Å². The Balaban J connectivity index is 1.46. The second kappa shape index (κ2) is 10.7. The first-order valence-corrected chi connectivity index (χ1v) is 11.1. The van der Waals surface area contributed by atoms with Crippen molar-refractivity contribution in [3.63, 3.8) is 0 Å². The van der Waals surface area contributed by atoms with Gasteiger partial charge >= 0.3 is 0 Å². The number of benzene rings is 1. The monoisotopic (exact) mass is 449 g/mol. The topological polar surface area (TPSA) is 121 Å². The molecule has 3 heterocycles. The van der Waals surface area contributed by atoms with E-state index in [4.69, 9.17) is 9.52 Å². The van der Waals surface area contributed by atoms with E-state index in [1.807, 2.05) is 30.3 Å². The summed E-state index contributed by atoms with van der Waals surface area (Å²) in [5.41, 5.74) is 1.11. The summed E-state index contributed by atoms with van der Waals surface area (Å²) in [6, 6.07) is 13.5. The van der Waals surface area contributed by atoms with Crippen molar-refractivity contribution in [3.05, 3.63) is 77.5 Å². The molecule has 0 aliphatic carbocycles. The Kier molecular flexibility index (Phi) is 7.31. The third-order valence-corrected chi connectivity index (χ3v) is 5.53. The Hall–Kier alpha value is -3.72. The highest BCUT2D eigenvalue weighted by Crippen LogP contribution is 2.17. The number of aliphatic hydroxyl groups is 1. The molecule has 2 amide bonds.